The van der Waals surface area contributed by atoms with Gasteiger partial charge in [0.2, 0.25) is 10.0 Å². The molecule has 1 saturated heterocycles. The summed E-state index contributed by atoms with van der Waals surface area (Å²) in [6.07, 6.45) is 6.90. The molecular weight excluding hydrogens is 330 g/mol. The zero-order valence-electron chi connectivity index (χ0n) is 14.0. The molecule has 0 radical (unpaired) electrons. The van der Waals surface area contributed by atoms with Crippen molar-refractivity contribution in [1.82, 2.24) is 4.31 Å². The molecule has 6 nitrogen and oxygen atoms in total. The second kappa shape index (κ2) is 8.38. The zero-order chi connectivity index (χ0) is 17.6. The monoisotopic (exact) mass is 353 g/mol. The van der Waals surface area contributed by atoms with Crippen molar-refractivity contribution < 1.29 is 22.6 Å². The molecule has 1 aliphatic rings. The van der Waals surface area contributed by atoms with Crippen LogP contribution in [-0.2, 0) is 14.8 Å². The molecule has 1 heterocycles. The van der Waals surface area contributed by atoms with Gasteiger partial charge in [-0.25, -0.2) is 8.42 Å². The SMILES string of the molecule is C#CCOCC1CCCN(S(=O)(=O)c2ccc(OC)c(OC)c2)C1. The van der Waals surface area contributed by atoms with Crippen LogP contribution in [0, 0.1) is 18.3 Å². The third-order valence-electron chi connectivity index (χ3n) is 4.01. The van der Waals surface area contributed by atoms with E-state index in [0.717, 1.165) is 12.8 Å². The molecule has 0 amide bonds. The van der Waals surface area contributed by atoms with Crippen LogP contribution < -0.4 is 9.47 Å². The number of sulfonamides is 1. The van der Waals surface area contributed by atoms with Crippen LogP contribution in [0.1, 0.15) is 12.8 Å². The lowest BCUT2D eigenvalue weighted by Gasteiger charge is -2.31. The summed E-state index contributed by atoms with van der Waals surface area (Å²) in [5.74, 6) is 3.46. The first-order valence-electron chi connectivity index (χ1n) is 7.76. The Morgan fingerprint density at radius 3 is 2.71 bits per heavy atom. The maximum atomic E-state index is 12.9. The molecule has 0 N–H and O–H groups in total. The van der Waals surface area contributed by atoms with Gasteiger partial charge in [-0.15, -0.1) is 6.42 Å². The van der Waals surface area contributed by atoms with Gasteiger partial charge >= 0.3 is 0 Å². The van der Waals surface area contributed by atoms with Crippen molar-refractivity contribution in [3.05, 3.63) is 18.2 Å². The minimum absolute atomic E-state index is 0.155. The lowest BCUT2D eigenvalue weighted by Crippen LogP contribution is -2.41. The number of piperidine rings is 1. The predicted octanol–water partition coefficient (Wildman–Crippen LogP) is 1.75. The molecule has 1 aromatic carbocycles. The van der Waals surface area contributed by atoms with Gasteiger partial charge in [0, 0.05) is 19.2 Å². The average Bonchev–Trinajstić information content (AvgIpc) is 2.61. The van der Waals surface area contributed by atoms with E-state index in [9.17, 15) is 8.42 Å². The van der Waals surface area contributed by atoms with Gasteiger partial charge in [0.1, 0.15) is 6.61 Å². The van der Waals surface area contributed by atoms with Gasteiger partial charge in [-0.2, -0.15) is 4.31 Å². The summed E-state index contributed by atoms with van der Waals surface area (Å²) in [4.78, 5) is 0.199. The molecule has 1 aliphatic heterocycles. The van der Waals surface area contributed by atoms with Crippen LogP contribution in [0.5, 0.6) is 11.5 Å². The van der Waals surface area contributed by atoms with E-state index in [1.54, 1.807) is 6.07 Å². The summed E-state index contributed by atoms with van der Waals surface area (Å²) >= 11 is 0. The van der Waals surface area contributed by atoms with Crippen LogP contribution >= 0.6 is 0 Å². The maximum absolute atomic E-state index is 12.9. The molecule has 0 aliphatic carbocycles. The summed E-state index contributed by atoms with van der Waals surface area (Å²) < 4.78 is 43.0. The molecule has 2 rings (SSSR count). The van der Waals surface area contributed by atoms with Gasteiger partial charge in [-0.05, 0) is 30.9 Å². The number of terminal acetylenes is 1. The van der Waals surface area contributed by atoms with Gasteiger partial charge in [-0.1, -0.05) is 5.92 Å². The normalized spacial score (nSPS) is 18.8. The molecule has 132 valence electrons. The molecule has 1 unspecified atom stereocenters. The Kier molecular flexibility index (Phi) is 6.49. The second-order valence-corrected chi connectivity index (χ2v) is 7.55. The first-order valence-corrected chi connectivity index (χ1v) is 9.20. The fraction of sp³-hybridized carbons (Fsp3) is 0.529. The number of hydrogen-bond donors (Lipinski definition) is 0. The smallest absolute Gasteiger partial charge is 0.243 e. The Balaban J connectivity index is 2.16. The van der Waals surface area contributed by atoms with Crippen LogP contribution in [-0.4, -0.2) is 53.2 Å². The van der Waals surface area contributed by atoms with E-state index in [-0.39, 0.29) is 17.4 Å². The first kappa shape index (κ1) is 18.6. The molecule has 0 aromatic heterocycles. The van der Waals surface area contributed by atoms with Crippen molar-refractivity contribution >= 4 is 10.0 Å². The number of benzene rings is 1. The minimum Gasteiger partial charge on any atom is -0.493 e. The molecule has 1 atom stereocenters. The van der Waals surface area contributed by atoms with Crippen LogP contribution in [0.2, 0.25) is 0 Å². The largest absolute Gasteiger partial charge is 0.493 e. The molecule has 7 heteroatoms. The van der Waals surface area contributed by atoms with E-state index >= 15 is 0 Å². The van der Waals surface area contributed by atoms with Crippen molar-refractivity contribution in [1.29, 1.82) is 0 Å². The van der Waals surface area contributed by atoms with Gasteiger partial charge in [0.15, 0.2) is 11.5 Å². The predicted molar refractivity (Wildman–Crippen MR) is 90.7 cm³/mol. The number of hydrogen-bond acceptors (Lipinski definition) is 5. The van der Waals surface area contributed by atoms with E-state index in [2.05, 4.69) is 5.92 Å². The van der Waals surface area contributed by atoms with E-state index in [0.29, 0.717) is 31.2 Å². The van der Waals surface area contributed by atoms with E-state index in [4.69, 9.17) is 20.6 Å². The molecular formula is C17H23NO5S. The molecule has 1 aromatic rings. The number of rotatable bonds is 7. The Morgan fingerprint density at radius 2 is 2.04 bits per heavy atom. The molecule has 24 heavy (non-hydrogen) atoms. The van der Waals surface area contributed by atoms with Crippen molar-refractivity contribution in [2.75, 3.05) is 40.5 Å². The quantitative estimate of drug-likeness (QED) is 0.552. The standard InChI is InChI=1S/C17H23NO5S/c1-4-10-23-13-14-6-5-9-18(12-14)24(19,20)15-7-8-16(21-2)17(11-15)22-3/h1,7-8,11,14H,5-6,9-10,12-13H2,2-3H3. The zero-order valence-corrected chi connectivity index (χ0v) is 14.8. The van der Waals surface area contributed by atoms with Gasteiger partial charge in [0.25, 0.3) is 0 Å². The Labute approximate surface area is 143 Å². The minimum atomic E-state index is -3.58. The second-order valence-electron chi connectivity index (χ2n) is 5.61. The highest BCUT2D eigenvalue weighted by Gasteiger charge is 2.31. The molecule has 0 saturated carbocycles. The van der Waals surface area contributed by atoms with Crippen molar-refractivity contribution in [2.45, 2.75) is 17.7 Å². The summed E-state index contributed by atoms with van der Waals surface area (Å²) in [6, 6.07) is 4.63. The van der Waals surface area contributed by atoms with E-state index < -0.39 is 10.0 Å². The van der Waals surface area contributed by atoms with Crippen molar-refractivity contribution in [3.8, 4) is 23.8 Å². The summed E-state index contributed by atoms with van der Waals surface area (Å²) in [7, 11) is -0.590. The van der Waals surface area contributed by atoms with Gasteiger partial charge < -0.3 is 14.2 Å². The lowest BCUT2D eigenvalue weighted by molar-refractivity contribution is 0.0990. The lowest BCUT2D eigenvalue weighted by atomic mass is 10.0. The fourth-order valence-electron chi connectivity index (χ4n) is 2.79. The highest BCUT2D eigenvalue weighted by molar-refractivity contribution is 7.89. The van der Waals surface area contributed by atoms with Crippen molar-refractivity contribution in [2.24, 2.45) is 5.92 Å². The van der Waals surface area contributed by atoms with Crippen LogP contribution in [0.25, 0.3) is 0 Å². The number of ether oxygens (including phenoxy) is 3. The van der Waals surface area contributed by atoms with Crippen LogP contribution in [0.4, 0.5) is 0 Å². The van der Waals surface area contributed by atoms with E-state index in [1.165, 1.54) is 30.7 Å². The van der Waals surface area contributed by atoms with Crippen LogP contribution in [0.3, 0.4) is 0 Å². The maximum Gasteiger partial charge on any atom is 0.243 e. The van der Waals surface area contributed by atoms with E-state index in [1.807, 2.05) is 0 Å². The summed E-state index contributed by atoms with van der Waals surface area (Å²) in [5.41, 5.74) is 0. The highest BCUT2D eigenvalue weighted by Crippen LogP contribution is 2.32. The van der Waals surface area contributed by atoms with Crippen LogP contribution in [0.15, 0.2) is 23.1 Å². The van der Waals surface area contributed by atoms with Gasteiger partial charge in [0.05, 0.1) is 25.7 Å². The Bertz CT molecular complexity index is 695. The van der Waals surface area contributed by atoms with Crippen molar-refractivity contribution in [3.63, 3.8) is 0 Å². The molecule has 0 bridgehead atoms. The first-order chi connectivity index (χ1) is 11.5. The number of nitrogens with zero attached hydrogens (tertiary/aromatic N) is 1. The summed E-state index contributed by atoms with van der Waals surface area (Å²) in [6.45, 7) is 1.66. The average molecular weight is 353 g/mol. The molecule has 1 fully saturated rings. The third-order valence-corrected chi connectivity index (χ3v) is 5.87. The third kappa shape index (κ3) is 4.20. The highest BCUT2D eigenvalue weighted by atomic mass is 32.2. The summed E-state index contributed by atoms with van der Waals surface area (Å²) in [5, 5.41) is 0. The fourth-order valence-corrected chi connectivity index (χ4v) is 4.36. The number of methoxy groups -OCH3 is 2. The van der Waals surface area contributed by atoms with Gasteiger partial charge in [-0.3, -0.25) is 0 Å². The Morgan fingerprint density at radius 1 is 1.29 bits per heavy atom. The molecule has 0 spiro atoms. The topological polar surface area (TPSA) is 65.1 Å². The Hall–Kier alpha value is -1.75.